The first-order chi connectivity index (χ1) is 8.87. The van der Waals surface area contributed by atoms with Gasteiger partial charge in [0, 0.05) is 11.1 Å². The summed E-state index contributed by atoms with van der Waals surface area (Å²) in [6.07, 6.45) is 0. The number of aryl methyl sites for hydroxylation is 1. The Kier molecular flexibility index (Phi) is 3.66. The summed E-state index contributed by atoms with van der Waals surface area (Å²) < 4.78 is 3.90. The first kappa shape index (κ1) is 13.7. The van der Waals surface area contributed by atoms with Crippen LogP contribution in [0.25, 0.3) is 11.3 Å². The first-order valence-electron chi connectivity index (χ1n) is 6.09. The second kappa shape index (κ2) is 5.09. The molecule has 0 aliphatic heterocycles. The molecule has 0 fully saturated rings. The minimum Gasteiger partial charge on any atom is -0.347 e. The van der Waals surface area contributed by atoms with Crippen LogP contribution in [-0.4, -0.2) is 21.0 Å². The van der Waals surface area contributed by atoms with Gasteiger partial charge in [0.05, 0.1) is 0 Å². The predicted molar refractivity (Wildman–Crippen MR) is 77.3 cm³/mol. The van der Waals surface area contributed by atoms with Crippen molar-refractivity contribution in [2.45, 2.75) is 33.2 Å². The summed E-state index contributed by atoms with van der Waals surface area (Å²) in [5.74, 6) is -0.127. The SMILES string of the molecule is Cc1ccc(-c2nnsc2C(=O)NC(C)(C)C)cc1. The zero-order valence-corrected chi connectivity index (χ0v) is 12.3. The normalized spacial score (nSPS) is 11.4. The van der Waals surface area contributed by atoms with Crippen molar-refractivity contribution < 1.29 is 4.79 Å². The van der Waals surface area contributed by atoms with Gasteiger partial charge in [-0.3, -0.25) is 4.79 Å². The lowest BCUT2D eigenvalue weighted by Gasteiger charge is -2.19. The van der Waals surface area contributed by atoms with Crippen LogP contribution in [-0.2, 0) is 0 Å². The van der Waals surface area contributed by atoms with Crippen LogP contribution in [0, 0.1) is 6.92 Å². The largest absolute Gasteiger partial charge is 0.347 e. The number of hydrogen-bond acceptors (Lipinski definition) is 4. The van der Waals surface area contributed by atoms with Gasteiger partial charge in [-0.1, -0.05) is 34.3 Å². The maximum Gasteiger partial charge on any atom is 0.265 e. The zero-order valence-electron chi connectivity index (χ0n) is 11.5. The second-order valence-electron chi connectivity index (χ2n) is 5.52. The highest BCUT2D eigenvalue weighted by atomic mass is 32.1. The Morgan fingerprint density at radius 3 is 2.42 bits per heavy atom. The fraction of sp³-hybridized carbons (Fsp3) is 0.357. The van der Waals surface area contributed by atoms with Gasteiger partial charge in [-0.15, -0.1) is 5.10 Å². The number of nitrogens with one attached hydrogen (secondary N) is 1. The highest BCUT2D eigenvalue weighted by Gasteiger charge is 2.21. The topological polar surface area (TPSA) is 54.9 Å². The van der Waals surface area contributed by atoms with Crippen molar-refractivity contribution in [3.63, 3.8) is 0 Å². The highest BCUT2D eigenvalue weighted by Crippen LogP contribution is 2.24. The Hall–Kier alpha value is -1.75. The van der Waals surface area contributed by atoms with Crippen molar-refractivity contribution in [2.24, 2.45) is 0 Å². The van der Waals surface area contributed by atoms with Crippen molar-refractivity contribution in [1.29, 1.82) is 0 Å². The molecule has 100 valence electrons. The van der Waals surface area contributed by atoms with Crippen molar-refractivity contribution in [2.75, 3.05) is 0 Å². The van der Waals surface area contributed by atoms with Gasteiger partial charge >= 0.3 is 0 Å². The van der Waals surface area contributed by atoms with Gasteiger partial charge in [0.2, 0.25) is 0 Å². The number of rotatable bonds is 2. The number of carbonyl (C=O) groups is 1. The van der Waals surface area contributed by atoms with Crippen LogP contribution >= 0.6 is 11.5 Å². The summed E-state index contributed by atoms with van der Waals surface area (Å²) in [5, 5.41) is 7.01. The molecular formula is C14H17N3OS. The van der Waals surface area contributed by atoms with Crippen LogP contribution < -0.4 is 5.32 Å². The first-order valence-corrected chi connectivity index (χ1v) is 6.86. The fourth-order valence-corrected chi connectivity index (χ4v) is 2.22. The van der Waals surface area contributed by atoms with Crippen LogP contribution in [0.5, 0.6) is 0 Å². The molecule has 0 bridgehead atoms. The maximum absolute atomic E-state index is 12.2. The average Bonchev–Trinajstić information content (AvgIpc) is 2.76. The van der Waals surface area contributed by atoms with Crippen molar-refractivity contribution in [3.8, 4) is 11.3 Å². The van der Waals surface area contributed by atoms with E-state index >= 15 is 0 Å². The summed E-state index contributed by atoms with van der Waals surface area (Å²) in [5.41, 5.74) is 2.46. The summed E-state index contributed by atoms with van der Waals surface area (Å²) in [6.45, 7) is 7.87. The maximum atomic E-state index is 12.2. The number of amides is 1. The van der Waals surface area contributed by atoms with E-state index in [9.17, 15) is 4.79 Å². The standard InChI is InChI=1S/C14H17N3OS/c1-9-5-7-10(8-6-9)11-12(19-17-16-11)13(18)15-14(2,3)4/h5-8H,1-4H3,(H,15,18). The van der Waals surface area contributed by atoms with Crippen LogP contribution in [0.2, 0.25) is 0 Å². The van der Waals surface area contributed by atoms with Gasteiger partial charge in [-0.25, -0.2) is 0 Å². The molecule has 19 heavy (non-hydrogen) atoms. The van der Waals surface area contributed by atoms with E-state index in [0.717, 1.165) is 17.1 Å². The Balaban J connectivity index is 2.32. The number of carbonyl (C=O) groups excluding carboxylic acids is 1. The Morgan fingerprint density at radius 1 is 1.21 bits per heavy atom. The van der Waals surface area contributed by atoms with E-state index < -0.39 is 0 Å². The molecule has 0 spiro atoms. The molecule has 0 radical (unpaired) electrons. The summed E-state index contributed by atoms with van der Waals surface area (Å²) in [6, 6.07) is 7.92. The minimum atomic E-state index is -0.272. The molecule has 1 aromatic heterocycles. The van der Waals surface area contributed by atoms with Crippen LogP contribution in [0.15, 0.2) is 24.3 Å². The van der Waals surface area contributed by atoms with Crippen LogP contribution in [0.4, 0.5) is 0 Å². The fourth-order valence-electron chi connectivity index (χ4n) is 1.64. The van der Waals surface area contributed by atoms with E-state index in [0.29, 0.717) is 10.6 Å². The molecule has 5 heteroatoms. The third-order valence-electron chi connectivity index (χ3n) is 2.51. The van der Waals surface area contributed by atoms with Gasteiger partial charge in [0.15, 0.2) is 0 Å². The monoisotopic (exact) mass is 275 g/mol. The highest BCUT2D eigenvalue weighted by molar-refractivity contribution is 7.08. The molecule has 0 atom stereocenters. The molecule has 2 rings (SSSR count). The molecule has 2 aromatic rings. The third-order valence-corrected chi connectivity index (χ3v) is 3.23. The van der Waals surface area contributed by atoms with Crippen LogP contribution in [0.1, 0.15) is 36.0 Å². The third kappa shape index (κ3) is 3.38. The quantitative estimate of drug-likeness (QED) is 0.916. The Labute approximate surface area is 117 Å². The Bertz CT molecular complexity index is 581. The number of aromatic nitrogens is 2. The van der Waals surface area contributed by atoms with E-state index in [2.05, 4.69) is 14.9 Å². The summed E-state index contributed by atoms with van der Waals surface area (Å²) >= 11 is 1.12. The summed E-state index contributed by atoms with van der Waals surface area (Å²) in [4.78, 5) is 12.8. The molecule has 1 N–H and O–H groups in total. The minimum absolute atomic E-state index is 0.127. The molecule has 1 aromatic carbocycles. The van der Waals surface area contributed by atoms with Gasteiger partial charge in [0.1, 0.15) is 10.6 Å². The molecular weight excluding hydrogens is 258 g/mol. The predicted octanol–water partition coefficient (Wildman–Crippen LogP) is 3.04. The van der Waals surface area contributed by atoms with Crippen LogP contribution in [0.3, 0.4) is 0 Å². The molecule has 0 aliphatic carbocycles. The van der Waals surface area contributed by atoms with Gasteiger partial charge in [-0.05, 0) is 39.2 Å². The number of nitrogens with zero attached hydrogens (tertiary/aromatic N) is 2. The van der Waals surface area contributed by atoms with E-state index in [1.807, 2.05) is 52.0 Å². The molecule has 0 aliphatic rings. The molecule has 0 unspecified atom stereocenters. The van der Waals surface area contributed by atoms with E-state index in [1.54, 1.807) is 0 Å². The van der Waals surface area contributed by atoms with Crippen molar-refractivity contribution in [3.05, 3.63) is 34.7 Å². The lowest BCUT2D eigenvalue weighted by molar-refractivity contribution is 0.0924. The van der Waals surface area contributed by atoms with Crippen molar-refractivity contribution in [1.82, 2.24) is 14.9 Å². The van der Waals surface area contributed by atoms with Crippen molar-refractivity contribution >= 4 is 17.4 Å². The average molecular weight is 275 g/mol. The number of hydrogen-bond donors (Lipinski definition) is 1. The second-order valence-corrected chi connectivity index (χ2v) is 6.27. The smallest absolute Gasteiger partial charge is 0.265 e. The molecule has 1 amide bonds. The van der Waals surface area contributed by atoms with Gasteiger partial charge in [-0.2, -0.15) is 0 Å². The van der Waals surface area contributed by atoms with E-state index in [4.69, 9.17) is 0 Å². The Morgan fingerprint density at radius 2 is 1.84 bits per heavy atom. The molecule has 4 nitrogen and oxygen atoms in total. The lowest BCUT2D eigenvalue weighted by Crippen LogP contribution is -2.40. The zero-order chi connectivity index (χ0) is 14.0. The van der Waals surface area contributed by atoms with E-state index in [-0.39, 0.29) is 11.4 Å². The summed E-state index contributed by atoms with van der Waals surface area (Å²) in [7, 11) is 0. The van der Waals surface area contributed by atoms with Gasteiger partial charge in [0.25, 0.3) is 5.91 Å². The number of benzene rings is 1. The molecule has 0 saturated carbocycles. The molecule has 1 heterocycles. The molecule has 0 saturated heterocycles. The lowest BCUT2D eigenvalue weighted by atomic mass is 10.1. The van der Waals surface area contributed by atoms with Gasteiger partial charge < -0.3 is 5.32 Å². The van der Waals surface area contributed by atoms with E-state index in [1.165, 1.54) is 5.56 Å².